The Bertz CT molecular complexity index is 846. The quantitative estimate of drug-likeness (QED) is 0.736. The van der Waals surface area contributed by atoms with Crippen molar-refractivity contribution < 1.29 is 4.74 Å². The van der Waals surface area contributed by atoms with Crippen molar-refractivity contribution in [2.45, 2.75) is 19.4 Å². The zero-order chi connectivity index (χ0) is 15.5. The third-order valence-corrected chi connectivity index (χ3v) is 3.59. The molecule has 0 spiro atoms. The van der Waals surface area contributed by atoms with Gasteiger partial charge in [-0.15, -0.1) is 0 Å². The van der Waals surface area contributed by atoms with Crippen LogP contribution in [0.25, 0.3) is 10.9 Å². The van der Waals surface area contributed by atoms with Gasteiger partial charge in [0.2, 0.25) is 0 Å². The fourth-order valence-corrected chi connectivity index (χ4v) is 2.47. The summed E-state index contributed by atoms with van der Waals surface area (Å²) >= 11 is 0. The SMILES string of the molecule is COc1cccc2ncn([C@@H](C)Cc3cnccn3)c(=O)c12. The van der Waals surface area contributed by atoms with Gasteiger partial charge < -0.3 is 4.74 Å². The molecule has 22 heavy (non-hydrogen) atoms. The second kappa shape index (κ2) is 5.93. The van der Waals surface area contributed by atoms with E-state index >= 15 is 0 Å². The first kappa shape index (κ1) is 14.2. The van der Waals surface area contributed by atoms with Crippen molar-refractivity contribution in [3.8, 4) is 5.75 Å². The van der Waals surface area contributed by atoms with Gasteiger partial charge in [-0.1, -0.05) is 6.07 Å². The standard InChI is InChI=1S/C16H16N4O2/c1-11(8-12-9-17-6-7-18-12)20-10-19-13-4-3-5-14(22-2)15(13)16(20)21/h3-7,9-11H,8H2,1-2H3/t11-/m0/s1. The molecule has 0 radical (unpaired) electrons. The van der Waals surface area contributed by atoms with Crippen molar-refractivity contribution in [3.05, 3.63) is 59.2 Å². The zero-order valence-corrected chi connectivity index (χ0v) is 12.4. The second-order valence-electron chi connectivity index (χ2n) is 5.06. The lowest BCUT2D eigenvalue weighted by Gasteiger charge is -2.15. The van der Waals surface area contributed by atoms with Gasteiger partial charge in [-0.2, -0.15) is 0 Å². The van der Waals surface area contributed by atoms with Gasteiger partial charge in [0.1, 0.15) is 11.1 Å². The number of ether oxygens (including phenoxy) is 1. The van der Waals surface area contributed by atoms with Crippen LogP contribution in [-0.2, 0) is 6.42 Å². The Kier molecular flexibility index (Phi) is 3.82. The lowest BCUT2D eigenvalue weighted by molar-refractivity contribution is 0.418. The molecule has 6 heteroatoms. The van der Waals surface area contributed by atoms with Crippen molar-refractivity contribution in [2.75, 3.05) is 7.11 Å². The predicted octanol–water partition coefficient (Wildman–Crippen LogP) is 2.00. The van der Waals surface area contributed by atoms with E-state index in [1.807, 2.05) is 13.0 Å². The maximum atomic E-state index is 12.7. The molecule has 3 aromatic rings. The molecule has 0 aliphatic rings. The third kappa shape index (κ3) is 2.55. The molecular formula is C16H16N4O2. The number of methoxy groups -OCH3 is 1. The molecule has 0 aliphatic heterocycles. The Morgan fingerprint density at radius 2 is 2.14 bits per heavy atom. The van der Waals surface area contributed by atoms with Crippen molar-refractivity contribution in [2.24, 2.45) is 0 Å². The molecule has 0 aliphatic carbocycles. The van der Waals surface area contributed by atoms with Crippen molar-refractivity contribution >= 4 is 10.9 Å². The molecule has 6 nitrogen and oxygen atoms in total. The number of aromatic nitrogens is 4. The summed E-state index contributed by atoms with van der Waals surface area (Å²) in [5.41, 5.74) is 1.35. The largest absolute Gasteiger partial charge is 0.496 e. The molecule has 1 aromatic carbocycles. The van der Waals surface area contributed by atoms with Crippen LogP contribution in [0.15, 0.2) is 47.9 Å². The summed E-state index contributed by atoms with van der Waals surface area (Å²) < 4.78 is 6.90. The molecule has 0 saturated carbocycles. The first-order chi connectivity index (χ1) is 10.7. The third-order valence-electron chi connectivity index (χ3n) is 3.59. The zero-order valence-electron chi connectivity index (χ0n) is 12.4. The highest BCUT2D eigenvalue weighted by molar-refractivity contribution is 5.83. The minimum atomic E-state index is -0.112. The average molecular weight is 296 g/mol. The average Bonchev–Trinajstić information content (AvgIpc) is 2.55. The Hall–Kier alpha value is -2.76. The van der Waals surface area contributed by atoms with Crippen LogP contribution in [0.4, 0.5) is 0 Å². The Balaban J connectivity index is 2.04. The van der Waals surface area contributed by atoms with E-state index in [-0.39, 0.29) is 11.6 Å². The smallest absolute Gasteiger partial charge is 0.265 e. The number of fused-ring (bicyclic) bond motifs is 1. The molecule has 112 valence electrons. The van der Waals surface area contributed by atoms with Crippen LogP contribution in [0.2, 0.25) is 0 Å². The fourth-order valence-electron chi connectivity index (χ4n) is 2.47. The normalized spacial score (nSPS) is 12.3. The van der Waals surface area contributed by atoms with Crippen LogP contribution in [-0.4, -0.2) is 26.6 Å². The summed E-state index contributed by atoms with van der Waals surface area (Å²) in [5, 5.41) is 0.499. The molecular weight excluding hydrogens is 280 g/mol. The highest BCUT2D eigenvalue weighted by Gasteiger charge is 2.14. The number of rotatable bonds is 4. The molecule has 0 N–H and O–H groups in total. The van der Waals surface area contributed by atoms with Crippen LogP contribution in [0.5, 0.6) is 5.75 Å². The van der Waals surface area contributed by atoms with Gasteiger partial charge in [-0.3, -0.25) is 19.3 Å². The first-order valence-electron chi connectivity index (χ1n) is 6.99. The van der Waals surface area contributed by atoms with Crippen LogP contribution in [0.1, 0.15) is 18.7 Å². The molecule has 2 aromatic heterocycles. The van der Waals surface area contributed by atoms with E-state index in [4.69, 9.17) is 4.74 Å². The molecule has 0 saturated heterocycles. The monoisotopic (exact) mass is 296 g/mol. The van der Waals surface area contributed by atoms with E-state index in [0.717, 1.165) is 5.69 Å². The van der Waals surface area contributed by atoms with Gasteiger partial charge in [0.25, 0.3) is 5.56 Å². The Morgan fingerprint density at radius 1 is 1.27 bits per heavy atom. The summed E-state index contributed by atoms with van der Waals surface area (Å²) in [4.78, 5) is 25.4. The van der Waals surface area contributed by atoms with Crippen molar-refractivity contribution in [1.29, 1.82) is 0 Å². The highest BCUT2D eigenvalue weighted by atomic mass is 16.5. The van der Waals surface area contributed by atoms with Gasteiger partial charge >= 0.3 is 0 Å². The van der Waals surface area contributed by atoms with Crippen LogP contribution < -0.4 is 10.3 Å². The lowest BCUT2D eigenvalue weighted by atomic mass is 10.1. The van der Waals surface area contributed by atoms with E-state index in [9.17, 15) is 4.79 Å². The predicted molar refractivity (Wildman–Crippen MR) is 83.0 cm³/mol. The number of nitrogens with zero attached hydrogens (tertiary/aromatic N) is 4. The van der Waals surface area contributed by atoms with Gasteiger partial charge in [0, 0.05) is 31.1 Å². The molecule has 0 bridgehead atoms. The Labute approximate surface area is 127 Å². The van der Waals surface area contributed by atoms with Crippen molar-refractivity contribution in [1.82, 2.24) is 19.5 Å². The van der Waals surface area contributed by atoms with E-state index in [0.29, 0.717) is 23.1 Å². The second-order valence-corrected chi connectivity index (χ2v) is 5.06. The van der Waals surface area contributed by atoms with E-state index in [1.165, 1.54) is 0 Å². The Morgan fingerprint density at radius 3 is 2.86 bits per heavy atom. The summed E-state index contributed by atoms with van der Waals surface area (Å²) in [6.45, 7) is 1.96. The molecule has 3 rings (SSSR count). The molecule has 2 heterocycles. The maximum Gasteiger partial charge on any atom is 0.265 e. The number of hydrogen-bond donors (Lipinski definition) is 0. The van der Waals surface area contributed by atoms with Crippen LogP contribution in [0, 0.1) is 0 Å². The van der Waals surface area contributed by atoms with Crippen LogP contribution >= 0.6 is 0 Å². The molecule has 0 fully saturated rings. The molecule has 1 atom stereocenters. The van der Waals surface area contributed by atoms with Gasteiger partial charge in [-0.25, -0.2) is 4.98 Å². The van der Waals surface area contributed by atoms with E-state index < -0.39 is 0 Å². The molecule has 0 unspecified atom stereocenters. The van der Waals surface area contributed by atoms with Crippen molar-refractivity contribution in [3.63, 3.8) is 0 Å². The minimum absolute atomic E-state index is 0.0778. The lowest BCUT2D eigenvalue weighted by Crippen LogP contribution is -2.25. The summed E-state index contributed by atoms with van der Waals surface area (Å²) in [6, 6.07) is 5.31. The van der Waals surface area contributed by atoms with E-state index in [1.54, 1.807) is 48.7 Å². The molecule has 0 amide bonds. The minimum Gasteiger partial charge on any atom is -0.496 e. The summed E-state index contributed by atoms with van der Waals surface area (Å²) in [5.74, 6) is 0.538. The maximum absolute atomic E-state index is 12.7. The van der Waals surface area contributed by atoms with Gasteiger partial charge in [0.15, 0.2) is 0 Å². The highest BCUT2D eigenvalue weighted by Crippen LogP contribution is 2.21. The van der Waals surface area contributed by atoms with Gasteiger partial charge in [-0.05, 0) is 19.1 Å². The summed E-state index contributed by atoms with van der Waals surface area (Å²) in [7, 11) is 1.55. The van der Waals surface area contributed by atoms with E-state index in [2.05, 4.69) is 15.0 Å². The number of benzene rings is 1. The van der Waals surface area contributed by atoms with Crippen LogP contribution in [0.3, 0.4) is 0 Å². The first-order valence-corrected chi connectivity index (χ1v) is 6.99. The summed E-state index contributed by atoms with van der Waals surface area (Å²) in [6.07, 6.45) is 7.16. The van der Waals surface area contributed by atoms with Gasteiger partial charge in [0.05, 0.1) is 24.6 Å². The topological polar surface area (TPSA) is 69.9 Å². The number of hydrogen-bond acceptors (Lipinski definition) is 5. The fraction of sp³-hybridized carbons (Fsp3) is 0.250.